The first kappa shape index (κ1) is 18.8. The average molecular weight is 381 g/mol. The Kier molecular flexibility index (Phi) is 5.13. The third kappa shape index (κ3) is 4.25. The lowest BCUT2D eigenvalue weighted by Gasteiger charge is -2.10. The molecule has 27 heavy (non-hydrogen) atoms. The highest BCUT2D eigenvalue weighted by atomic mass is 19.4. The average Bonchev–Trinajstić information content (AvgIpc) is 2.97. The molecule has 0 radical (unpaired) electrons. The van der Waals surface area contributed by atoms with Gasteiger partial charge in [0.15, 0.2) is 0 Å². The van der Waals surface area contributed by atoms with Crippen molar-refractivity contribution >= 4 is 17.4 Å². The van der Waals surface area contributed by atoms with Crippen molar-refractivity contribution in [1.82, 2.24) is 9.38 Å². The molecule has 0 bridgehead atoms. The van der Waals surface area contributed by atoms with Gasteiger partial charge in [-0.1, -0.05) is 12.1 Å². The van der Waals surface area contributed by atoms with Crippen molar-refractivity contribution in [2.24, 2.45) is 0 Å². The van der Waals surface area contributed by atoms with Crippen molar-refractivity contribution in [3.05, 3.63) is 65.2 Å². The van der Waals surface area contributed by atoms with Crippen LogP contribution in [0.15, 0.2) is 42.6 Å². The van der Waals surface area contributed by atoms with Crippen LogP contribution in [0.3, 0.4) is 0 Å². The number of rotatable bonds is 5. The highest BCUT2D eigenvalue weighted by Crippen LogP contribution is 2.31. The quantitative estimate of drug-likeness (QED) is 0.667. The Hall–Kier alpha value is -2.94. The lowest BCUT2D eigenvalue weighted by atomic mass is 10.1. The highest BCUT2D eigenvalue weighted by Gasteiger charge is 2.33. The SMILES string of the molecule is O=C(Cc1ccc(C(F)(F)F)c(F)c1)Nc1cccc2nc(CCO)cn12. The molecule has 2 N–H and O–H groups in total. The number of fused-ring (bicyclic) bond motifs is 1. The summed E-state index contributed by atoms with van der Waals surface area (Å²) in [5, 5.41) is 11.6. The van der Waals surface area contributed by atoms with Gasteiger partial charge >= 0.3 is 6.18 Å². The molecular weight excluding hydrogens is 366 g/mol. The molecule has 0 spiro atoms. The van der Waals surface area contributed by atoms with E-state index in [4.69, 9.17) is 5.11 Å². The summed E-state index contributed by atoms with van der Waals surface area (Å²) in [4.78, 5) is 16.5. The van der Waals surface area contributed by atoms with E-state index >= 15 is 0 Å². The number of carbonyl (C=O) groups is 1. The third-order valence-electron chi connectivity index (χ3n) is 3.88. The molecule has 3 rings (SSSR count). The number of pyridine rings is 1. The maximum Gasteiger partial charge on any atom is 0.419 e. The fourth-order valence-corrected chi connectivity index (χ4v) is 2.67. The number of nitrogens with one attached hydrogen (secondary N) is 1. The summed E-state index contributed by atoms with van der Waals surface area (Å²) in [6.45, 7) is -0.0644. The minimum absolute atomic E-state index is 0.0644. The van der Waals surface area contributed by atoms with Gasteiger partial charge < -0.3 is 10.4 Å². The molecule has 0 atom stereocenters. The van der Waals surface area contributed by atoms with Crippen molar-refractivity contribution in [2.75, 3.05) is 11.9 Å². The van der Waals surface area contributed by atoms with E-state index in [0.717, 1.165) is 6.07 Å². The molecule has 2 aromatic heterocycles. The zero-order valence-corrected chi connectivity index (χ0v) is 13.9. The fraction of sp³-hybridized carbons (Fsp3) is 0.222. The van der Waals surface area contributed by atoms with Gasteiger partial charge in [0, 0.05) is 19.2 Å². The highest BCUT2D eigenvalue weighted by molar-refractivity contribution is 5.91. The smallest absolute Gasteiger partial charge is 0.396 e. The van der Waals surface area contributed by atoms with Gasteiger partial charge in [-0.15, -0.1) is 0 Å². The number of halogens is 4. The molecule has 0 aliphatic rings. The van der Waals surface area contributed by atoms with Crippen LogP contribution >= 0.6 is 0 Å². The Labute approximate surface area is 151 Å². The van der Waals surface area contributed by atoms with Crippen LogP contribution < -0.4 is 5.32 Å². The molecule has 2 heterocycles. The number of imidazole rings is 1. The molecule has 0 aliphatic heterocycles. The van der Waals surface area contributed by atoms with E-state index in [1.165, 1.54) is 0 Å². The first-order valence-electron chi connectivity index (χ1n) is 8.01. The number of hydrogen-bond donors (Lipinski definition) is 2. The molecule has 0 aliphatic carbocycles. The minimum Gasteiger partial charge on any atom is -0.396 e. The summed E-state index contributed by atoms with van der Waals surface area (Å²) >= 11 is 0. The molecule has 5 nitrogen and oxygen atoms in total. The van der Waals surface area contributed by atoms with Crippen molar-refractivity contribution in [1.29, 1.82) is 0 Å². The van der Waals surface area contributed by atoms with E-state index < -0.39 is 23.5 Å². The van der Waals surface area contributed by atoms with Crippen LogP contribution in [0.2, 0.25) is 0 Å². The fourth-order valence-electron chi connectivity index (χ4n) is 2.67. The normalized spacial score (nSPS) is 11.7. The summed E-state index contributed by atoms with van der Waals surface area (Å²) in [7, 11) is 0. The van der Waals surface area contributed by atoms with Gasteiger partial charge in [-0.2, -0.15) is 13.2 Å². The molecule has 142 valence electrons. The van der Waals surface area contributed by atoms with Gasteiger partial charge in [-0.3, -0.25) is 9.20 Å². The second-order valence-corrected chi connectivity index (χ2v) is 5.88. The van der Waals surface area contributed by atoms with E-state index in [1.807, 2.05) is 0 Å². The monoisotopic (exact) mass is 381 g/mol. The predicted molar refractivity (Wildman–Crippen MR) is 89.7 cm³/mol. The number of aliphatic hydroxyl groups is 1. The Morgan fingerprint density at radius 1 is 1.22 bits per heavy atom. The molecular formula is C18H15F4N3O2. The lowest BCUT2D eigenvalue weighted by molar-refractivity contribution is -0.140. The molecule has 1 aromatic carbocycles. The molecule has 9 heteroatoms. The number of aliphatic hydroxyl groups excluding tert-OH is 1. The van der Waals surface area contributed by atoms with E-state index in [1.54, 1.807) is 28.8 Å². The Bertz CT molecular complexity index is 982. The van der Waals surface area contributed by atoms with Crippen LogP contribution in [-0.4, -0.2) is 27.0 Å². The van der Waals surface area contributed by atoms with Crippen LogP contribution in [-0.2, 0) is 23.8 Å². The summed E-state index contributed by atoms with van der Waals surface area (Å²) in [5.74, 6) is -1.53. The third-order valence-corrected chi connectivity index (χ3v) is 3.88. The second-order valence-electron chi connectivity index (χ2n) is 5.88. The minimum atomic E-state index is -4.78. The summed E-state index contributed by atoms with van der Waals surface area (Å²) < 4.78 is 53.0. The molecule has 0 saturated heterocycles. The van der Waals surface area contributed by atoms with E-state index in [2.05, 4.69) is 10.3 Å². The van der Waals surface area contributed by atoms with Gasteiger partial charge in [-0.25, -0.2) is 9.37 Å². The maximum absolute atomic E-state index is 13.6. The number of aromatic nitrogens is 2. The van der Waals surface area contributed by atoms with Gasteiger partial charge in [0.1, 0.15) is 17.3 Å². The van der Waals surface area contributed by atoms with Gasteiger partial charge in [0.25, 0.3) is 0 Å². The molecule has 0 fully saturated rings. The van der Waals surface area contributed by atoms with Gasteiger partial charge in [-0.05, 0) is 29.8 Å². The number of hydrogen-bond acceptors (Lipinski definition) is 3. The topological polar surface area (TPSA) is 66.6 Å². The van der Waals surface area contributed by atoms with Crippen molar-refractivity contribution in [3.63, 3.8) is 0 Å². The number of amides is 1. The standard InChI is InChI=1S/C18H15F4N3O2/c19-14-8-11(4-5-13(14)18(20,21)22)9-17(27)24-16-3-1-2-15-23-12(6-7-26)10-25(15)16/h1-5,8,10,26H,6-7,9H2,(H,24,27). The molecule has 0 saturated carbocycles. The first-order chi connectivity index (χ1) is 12.8. The maximum atomic E-state index is 13.6. The first-order valence-corrected chi connectivity index (χ1v) is 8.01. The summed E-state index contributed by atoms with van der Waals surface area (Å²) in [6.07, 6.45) is -3.04. The van der Waals surface area contributed by atoms with E-state index in [-0.39, 0.29) is 18.6 Å². The van der Waals surface area contributed by atoms with Gasteiger partial charge in [0.2, 0.25) is 5.91 Å². The van der Waals surface area contributed by atoms with E-state index in [0.29, 0.717) is 35.7 Å². The Morgan fingerprint density at radius 2 is 2.00 bits per heavy atom. The van der Waals surface area contributed by atoms with Crippen LogP contribution in [0.1, 0.15) is 16.8 Å². The van der Waals surface area contributed by atoms with Crippen LogP contribution in [0.25, 0.3) is 5.65 Å². The Balaban J connectivity index is 1.76. The molecule has 3 aromatic rings. The van der Waals surface area contributed by atoms with E-state index in [9.17, 15) is 22.4 Å². The number of benzene rings is 1. The molecule has 1 amide bonds. The second kappa shape index (κ2) is 7.36. The Morgan fingerprint density at radius 3 is 2.67 bits per heavy atom. The number of nitrogens with zero attached hydrogens (tertiary/aromatic N) is 2. The van der Waals surface area contributed by atoms with Crippen molar-refractivity contribution in [2.45, 2.75) is 19.0 Å². The largest absolute Gasteiger partial charge is 0.419 e. The van der Waals surface area contributed by atoms with Crippen LogP contribution in [0, 0.1) is 5.82 Å². The van der Waals surface area contributed by atoms with Crippen LogP contribution in [0.5, 0.6) is 0 Å². The van der Waals surface area contributed by atoms with Crippen molar-refractivity contribution in [3.8, 4) is 0 Å². The summed E-state index contributed by atoms with van der Waals surface area (Å²) in [5.41, 5.74) is -0.0381. The van der Waals surface area contributed by atoms with Crippen molar-refractivity contribution < 1.29 is 27.5 Å². The number of anilines is 1. The van der Waals surface area contributed by atoms with Crippen LogP contribution in [0.4, 0.5) is 23.4 Å². The zero-order valence-electron chi connectivity index (χ0n) is 13.9. The van der Waals surface area contributed by atoms with Gasteiger partial charge in [0.05, 0.1) is 17.7 Å². The lowest BCUT2D eigenvalue weighted by Crippen LogP contribution is -2.17. The zero-order chi connectivity index (χ0) is 19.6. The molecule has 0 unspecified atom stereocenters. The number of carbonyl (C=O) groups excluding carboxylic acids is 1. The summed E-state index contributed by atoms with van der Waals surface area (Å²) in [6, 6.07) is 7.43. The predicted octanol–water partition coefficient (Wildman–Crippen LogP) is 3.21. The number of alkyl halides is 3.